The predicted octanol–water partition coefficient (Wildman–Crippen LogP) is 10.5. The predicted molar refractivity (Wildman–Crippen MR) is 248 cm³/mol. The van der Waals surface area contributed by atoms with Crippen molar-refractivity contribution in [1.82, 2.24) is 19.1 Å². The molecule has 64 heavy (non-hydrogen) atoms. The van der Waals surface area contributed by atoms with Crippen LogP contribution in [0.5, 0.6) is 0 Å². The number of aromatic carboxylic acids is 1. The Bertz CT molecular complexity index is 3130. The summed E-state index contributed by atoms with van der Waals surface area (Å²) in [5.74, 6) is 0.389. The summed E-state index contributed by atoms with van der Waals surface area (Å²) in [5, 5.41) is 18.8. The van der Waals surface area contributed by atoms with Crippen molar-refractivity contribution in [3.63, 3.8) is 0 Å². The van der Waals surface area contributed by atoms with Gasteiger partial charge in [0.2, 0.25) is 11.9 Å². The molecule has 4 aromatic carbocycles. The number of carboxylic acid groups (broad SMARTS) is 1. The van der Waals surface area contributed by atoms with Gasteiger partial charge in [0.25, 0.3) is 11.1 Å². The largest absolute Gasteiger partial charge is 0.477 e. The van der Waals surface area contributed by atoms with E-state index >= 15 is 0 Å². The monoisotopic (exact) mass is 902 g/mol. The van der Waals surface area contributed by atoms with Gasteiger partial charge in [0.1, 0.15) is 33.8 Å². The number of halogens is 2. The molecule has 16 heteroatoms. The highest BCUT2D eigenvalue weighted by atomic mass is 35.5. The lowest BCUT2D eigenvalue weighted by atomic mass is 10.1. The number of aryl methyl sites for hydroxylation is 4. The number of fused-ring (bicyclic) bond motifs is 2. The van der Waals surface area contributed by atoms with Gasteiger partial charge in [-0.1, -0.05) is 61.3 Å². The zero-order valence-corrected chi connectivity index (χ0v) is 37.1. The molecular formula is C48H44Cl2N6O8. The SMILES string of the molecule is CCOC(=O)c1cnc(Nc2ccc3oc(CC)c(C)c3c2)n(Cc2ccc(Cl)cc2)c1=O.CCc1oc2ccc(Nc3ncc(C(=O)O)c(=O)n3Cc3ccc(Cl)cc3)cc2c1C. The van der Waals surface area contributed by atoms with E-state index in [-0.39, 0.29) is 31.2 Å². The van der Waals surface area contributed by atoms with E-state index in [1.54, 1.807) is 43.3 Å². The first-order chi connectivity index (χ1) is 30.8. The molecule has 0 radical (unpaired) electrons. The van der Waals surface area contributed by atoms with Gasteiger partial charge < -0.3 is 29.3 Å². The van der Waals surface area contributed by atoms with E-state index in [1.165, 1.54) is 15.3 Å². The molecule has 0 saturated carbocycles. The molecule has 3 N–H and O–H groups in total. The summed E-state index contributed by atoms with van der Waals surface area (Å²) in [7, 11) is 0. The minimum Gasteiger partial charge on any atom is -0.477 e. The highest BCUT2D eigenvalue weighted by molar-refractivity contribution is 6.30. The number of hydrogen-bond acceptors (Lipinski definition) is 11. The lowest BCUT2D eigenvalue weighted by Gasteiger charge is -2.15. The Balaban J connectivity index is 0.000000192. The summed E-state index contributed by atoms with van der Waals surface area (Å²) in [5.41, 5.74) is 5.16. The van der Waals surface area contributed by atoms with E-state index in [0.29, 0.717) is 21.7 Å². The summed E-state index contributed by atoms with van der Waals surface area (Å²) in [6, 6.07) is 25.4. The number of anilines is 4. The van der Waals surface area contributed by atoms with Crippen LogP contribution in [0.3, 0.4) is 0 Å². The maximum Gasteiger partial charge on any atom is 0.345 e. The molecule has 0 spiro atoms. The van der Waals surface area contributed by atoms with Crippen molar-refractivity contribution >= 4 is 80.4 Å². The van der Waals surface area contributed by atoms with Crippen LogP contribution < -0.4 is 21.8 Å². The molecular weight excluding hydrogens is 859 g/mol. The second-order valence-electron chi connectivity index (χ2n) is 14.7. The molecule has 0 fully saturated rings. The fourth-order valence-electron chi connectivity index (χ4n) is 7.15. The lowest BCUT2D eigenvalue weighted by molar-refractivity contribution is 0.0522. The third-order valence-corrected chi connectivity index (χ3v) is 11.1. The maximum atomic E-state index is 13.2. The Hall–Kier alpha value is -7.16. The Morgan fingerprint density at radius 1 is 0.656 bits per heavy atom. The quantitative estimate of drug-likeness (QED) is 0.0932. The molecule has 4 heterocycles. The van der Waals surface area contributed by atoms with Gasteiger partial charge in [0.15, 0.2) is 0 Å². The molecule has 0 atom stereocenters. The van der Waals surface area contributed by atoms with E-state index in [2.05, 4.69) is 20.6 Å². The van der Waals surface area contributed by atoms with Gasteiger partial charge in [0.05, 0.1) is 32.1 Å². The second-order valence-corrected chi connectivity index (χ2v) is 15.6. The van der Waals surface area contributed by atoms with Crippen molar-refractivity contribution in [3.05, 3.63) is 173 Å². The number of furan rings is 2. The Labute approximate surface area is 377 Å². The van der Waals surface area contributed by atoms with Crippen LogP contribution in [-0.4, -0.2) is 42.8 Å². The molecule has 0 aliphatic heterocycles. The molecule has 0 bridgehead atoms. The first-order valence-electron chi connectivity index (χ1n) is 20.4. The molecule has 8 rings (SSSR count). The number of aromatic nitrogens is 4. The van der Waals surface area contributed by atoms with Gasteiger partial charge in [-0.15, -0.1) is 0 Å². The standard InChI is InChI=1S/C25H24ClN3O4.C23H20ClN3O4/c1-4-21-15(3)19-12-18(10-11-22(19)33-21)28-25-27-13-20(24(31)32-5-2)23(30)29(25)14-16-6-8-17(26)9-7-16;1-3-19-13(2)17-10-16(8-9-20(17)31-19)26-23-25-11-18(22(29)30)21(28)27(23)12-14-4-6-15(24)7-5-14/h6-13H,4-5,14H2,1-3H3,(H,27,28);4-11H,3,12H2,1-2H3,(H,25,26)(H,29,30). The highest BCUT2D eigenvalue weighted by Crippen LogP contribution is 2.31. The molecule has 0 saturated heterocycles. The fraction of sp³-hybridized carbons (Fsp3) is 0.208. The summed E-state index contributed by atoms with van der Waals surface area (Å²) in [6.07, 6.45) is 3.92. The normalized spacial score (nSPS) is 11.0. The zero-order valence-electron chi connectivity index (χ0n) is 35.6. The van der Waals surface area contributed by atoms with Crippen LogP contribution in [0.2, 0.25) is 10.0 Å². The average Bonchev–Trinajstić information content (AvgIpc) is 3.78. The van der Waals surface area contributed by atoms with Gasteiger partial charge in [-0.3, -0.25) is 18.7 Å². The van der Waals surface area contributed by atoms with Crippen LogP contribution in [0.15, 0.2) is 116 Å². The Morgan fingerprint density at radius 3 is 1.48 bits per heavy atom. The van der Waals surface area contributed by atoms with Gasteiger partial charge in [-0.05, 0) is 104 Å². The number of carbonyl (C=O) groups excluding carboxylic acids is 1. The molecule has 0 unspecified atom stereocenters. The van der Waals surface area contributed by atoms with Crippen molar-refractivity contribution in [3.8, 4) is 0 Å². The fourth-order valence-corrected chi connectivity index (χ4v) is 7.40. The smallest absolute Gasteiger partial charge is 0.345 e. The van der Waals surface area contributed by atoms with Crippen molar-refractivity contribution in [2.75, 3.05) is 17.2 Å². The van der Waals surface area contributed by atoms with Gasteiger partial charge in [0, 0.05) is 45.0 Å². The summed E-state index contributed by atoms with van der Waals surface area (Å²) >= 11 is 11.9. The number of nitrogens with zero attached hydrogens (tertiary/aromatic N) is 4. The number of rotatable bonds is 13. The van der Waals surface area contributed by atoms with Crippen LogP contribution in [0, 0.1) is 13.8 Å². The number of nitrogens with one attached hydrogen (secondary N) is 2. The van der Waals surface area contributed by atoms with E-state index in [4.69, 9.17) is 36.8 Å². The molecule has 4 aromatic heterocycles. The topological polar surface area (TPSA) is 184 Å². The molecule has 14 nitrogen and oxygen atoms in total. The summed E-state index contributed by atoms with van der Waals surface area (Å²) < 4.78 is 19.5. The maximum absolute atomic E-state index is 13.2. The molecule has 0 amide bonds. The molecule has 0 aliphatic carbocycles. The Morgan fingerprint density at radius 2 is 1.08 bits per heavy atom. The van der Waals surface area contributed by atoms with E-state index < -0.39 is 28.6 Å². The van der Waals surface area contributed by atoms with Crippen molar-refractivity contribution < 1.29 is 28.3 Å². The third kappa shape index (κ3) is 9.73. The summed E-state index contributed by atoms with van der Waals surface area (Å²) in [4.78, 5) is 58.4. The molecule has 0 aliphatic rings. The van der Waals surface area contributed by atoms with Gasteiger partial charge >= 0.3 is 11.9 Å². The van der Waals surface area contributed by atoms with E-state index in [0.717, 1.165) is 80.4 Å². The number of benzene rings is 4. The molecule has 328 valence electrons. The number of esters is 1. The van der Waals surface area contributed by atoms with Crippen molar-refractivity contribution in [1.29, 1.82) is 0 Å². The average molecular weight is 904 g/mol. The summed E-state index contributed by atoms with van der Waals surface area (Å²) in [6.45, 7) is 10.3. The second kappa shape index (κ2) is 19.5. The number of hydrogen-bond donors (Lipinski definition) is 3. The van der Waals surface area contributed by atoms with Crippen LogP contribution in [0.1, 0.15) is 75.3 Å². The first-order valence-corrected chi connectivity index (χ1v) is 21.2. The van der Waals surface area contributed by atoms with Crippen LogP contribution in [-0.2, 0) is 30.7 Å². The van der Waals surface area contributed by atoms with Crippen molar-refractivity contribution in [2.24, 2.45) is 0 Å². The third-order valence-electron chi connectivity index (χ3n) is 10.6. The minimum atomic E-state index is -1.32. The molecule has 8 aromatic rings. The van der Waals surface area contributed by atoms with Crippen LogP contribution >= 0.6 is 23.2 Å². The minimum absolute atomic E-state index is 0.120. The number of ether oxygens (including phenoxy) is 1. The van der Waals surface area contributed by atoms with Crippen molar-refractivity contribution in [2.45, 2.75) is 60.5 Å². The zero-order chi connectivity index (χ0) is 45.7. The van der Waals surface area contributed by atoms with Crippen LogP contribution in [0.25, 0.3) is 21.9 Å². The number of carbonyl (C=O) groups is 2. The van der Waals surface area contributed by atoms with Gasteiger partial charge in [-0.2, -0.15) is 0 Å². The number of carboxylic acids is 1. The van der Waals surface area contributed by atoms with E-state index in [1.807, 2.05) is 76.2 Å². The van der Waals surface area contributed by atoms with Crippen LogP contribution in [0.4, 0.5) is 23.3 Å². The lowest BCUT2D eigenvalue weighted by Crippen LogP contribution is -2.30. The Kier molecular flexibility index (Phi) is 13.7. The van der Waals surface area contributed by atoms with Gasteiger partial charge in [-0.25, -0.2) is 19.6 Å². The highest BCUT2D eigenvalue weighted by Gasteiger charge is 2.20. The van der Waals surface area contributed by atoms with E-state index in [9.17, 15) is 24.3 Å². The first kappa shape index (κ1) is 44.9.